The third kappa shape index (κ3) is 5.81. The van der Waals surface area contributed by atoms with Gasteiger partial charge >= 0.3 is 18.2 Å². The SMILES string of the molecule is CCOC(=O)c1nc(-c2ccc(C=O)c3nc(C(F)(F)F)ccc23)oc1[C@H](C)NC(=O)OC(C)(C)C. The minimum absolute atomic E-state index is 0.0371. The predicted molar refractivity (Wildman–Crippen MR) is 121 cm³/mol. The number of oxazole rings is 1. The Labute approximate surface area is 204 Å². The lowest BCUT2D eigenvalue weighted by Crippen LogP contribution is -2.34. The monoisotopic (exact) mass is 507 g/mol. The largest absolute Gasteiger partial charge is 0.461 e. The molecule has 1 atom stereocenters. The number of benzene rings is 1. The fraction of sp³-hybridized carbons (Fsp3) is 0.375. The van der Waals surface area contributed by atoms with Crippen molar-refractivity contribution in [2.24, 2.45) is 0 Å². The summed E-state index contributed by atoms with van der Waals surface area (Å²) in [5.41, 5.74) is -2.29. The molecule has 0 bridgehead atoms. The predicted octanol–water partition coefficient (Wildman–Crippen LogP) is 5.48. The second kappa shape index (κ2) is 9.96. The van der Waals surface area contributed by atoms with E-state index < -0.39 is 35.6 Å². The maximum atomic E-state index is 13.2. The minimum Gasteiger partial charge on any atom is -0.461 e. The molecular formula is C24H24F3N3O6. The van der Waals surface area contributed by atoms with E-state index in [0.29, 0.717) is 6.29 Å². The second-order valence-corrected chi connectivity index (χ2v) is 8.73. The molecule has 3 aromatic rings. The first-order chi connectivity index (χ1) is 16.7. The number of amides is 1. The molecule has 0 radical (unpaired) electrons. The number of nitrogens with zero attached hydrogens (tertiary/aromatic N) is 2. The van der Waals surface area contributed by atoms with Crippen molar-refractivity contribution in [2.45, 2.75) is 52.4 Å². The number of aldehydes is 1. The maximum absolute atomic E-state index is 13.2. The first-order valence-corrected chi connectivity index (χ1v) is 10.9. The van der Waals surface area contributed by atoms with Crippen LogP contribution in [-0.4, -0.2) is 40.5 Å². The quantitative estimate of drug-likeness (QED) is 0.344. The third-order valence-electron chi connectivity index (χ3n) is 4.78. The lowest BCUT2D eigenvalue weighted by atomic mass is 10.0. The summed E-state index contributed by atoms with van der Waals surface area (Å²) in [7, 11) is 0. The molecule has 36 heavy (non-hydrogen) atoms. The molecule has 0 fully saturated rings. The number of alkyl halides is 3. The van der Waals surface area contributed by atoms with Crippen LogP contribution in [0.2, 0.25) is 0 Å². The second-order valence-electron chi connectivity index (χ2n) is 8.73. The maximum Gasteiger partial charge on any atom is 0.433 e. The van der Waals surface area contributed by atoms with Gasteiger partial charge in [0, 0.05) is 16.5 Å². The van der Waals surface area contributed by atoms with E-state index in [9.17, 15) is 27.6 Å². The molecule has 3 rings (SSSR count). The average Bonchev–Trinajstić information content (AvgIpc) is 3.21. The molecule has 0 aliphatic rings. The number of carbonyl (C=O) groups is 3. The number of ether oxygens (including phenoxy) is 2. The Kier molecular flexibility index (Phi) is 7.37. The zero-order chi connectivity index (χ0) is 26.8. The smallest absolute Gasteiger partial charge is 0.433 e. The van der Waals surface area contributed by atoms with Gasteiger partial charge in [0.2, 0.25) is 5.89 Å². The minimum atomic E-state index is -4.72. The van der Waals surface area contributed by atoms with E-state index in [1.165, 1.54) is 19.1 Å². The van der Waals surface area contributed by atoms with E-state index in [2.05, 4.69) is 15.3 Å². The van der Waals surface area contributed by atoms with Crippen molar-refractivity contribution in [3.8, 4) is 11.5 Å². The first kappa shape index (κ1) is 26.6. The fourth-order valence-corrected chi connectivity index (χ4v) is 3.31. The summed E-state index contributed by atoms with van der Waals surface area (Å²) in [6.07, 6.45) is -5.11. The number of carbonyl (C=O) groups excluding carboxylic acids is 3. The Hall–Kier alpha value is -3.96. The summed E-state index contributed by atoms with van der Waals surface area (Å²) in [5, 5.41) is 2.69. The molecule has 0 aliphatic heterocycles. The van der Waals surface area contributed by atoms with E-state index in [1.807, 2.05) is 0 Å². The average molecular weight is 507 g/mol. The van der Waals surface area contributed by atoms with Gasteiger partial charge in [-0.3, -0.25) is 4.79 Å². The number of hydrogen-bond acceptors (Lipinski definition) is 8. The molecule has 9 nitrogen and oxygen atoms in total. The van der Waals surface area contributed by atoms with Crippen LogP contribution in [0, 0.1) is 0 Å². The highest BCUT2D eigenvalue weighted by molar-refractivity contribution is 6.02. The fourth-order valence-electron chi connectivity index (χ4n) is 3.31. The van der Waals surface area contributed by atoms with Crippen molar-refractivity contribution in [2.75, 3.05) is 6.61 Å². The molecule has 2 aromatic heterocycles. The number of nitrogens with one attached hydrogen (secondary N) is 1. The van der Waals surface area contributed by atoms with Gasteiger partial charge in [0.25, 0.3) is 0 Å². The van der Waals surface area contributed by atoms with Crippen LogP contribution in [0.3, 0.4) is 0 Å². The van der Waals surface area contributed by atoms with Crippen LogP contribution in [0.5, 0.6) is 0 Å². The Morgan fingerprint density at radius 1 is 1.14 bits per heavy atom. The Morgan fingerprint density at radius 2 is 1.83 bits per heavy atom. The molecule has 2 heterocycles. The van der Waals surface area contributed by atoms with Crippen LogP contribution in [-0.2, 0) is 15.7 Å². The first-order valence-electron chi connectivity index (χ1n) is 10.9. The molecule has 0 saturated heterocycles. The number of fused-ring (bicyclic) bond motifs is 1. The number of hydrogen-bond donors (Lipinski definition) is 1. The molecule has 0 aliphatic carbocycles. The lowest BCUT2D eigenvalue weighted by molar-refractivity contribution is -0.140. The highest BCUT2D eigenvalue weighted by atomic mass is 19.4. The van der Waals surface area contributed by atoms with Gasteiger partial charge in [-0.05, 0) is 58.9 Å². The summed E-state index contributed by atoms with van der Waals surface area (Å²) in [4.78, 5) is 44.1. The zero-order valence-corrected chi connectivity index (χ0v) is 20.1. The van der Waals surface area contributed by atoms with Crippen LogP contribution in [0.1, 0.15) is 73.0 Å². The van der Waals surface area contributed by atoms with Gasteiger partial charge in [-0.15, -0.1) is 0 Å². The molecule has 12 heteroatoms. The van der Waals surface area contributed by atoms with Gasteiger partial charge in [0.05, 0.1) is 18.2 Å². The normalized spacial score (nSPS) is 12.8. The van der Waals surface area contributed by atoms with Crippen molar-refractivity contribution in [1.29, 1.82) is 0 Å². The van der Waals surface area contributed by atoms with E-state index in [4.69, 9.17) is 13.9 Å². The number of halogens is 3. The van der Waals surface area contributed by atoms with E-state index >= 15 is 0 Å². The summed E-state index contributed by atoms with van der Waals surface area (Å²) in [6.45, 7) is 8.20. The van der Waals surface area contributed by atoms with Gasteiger partial charge in [-0.25, -0.2) is 19.6 Å². The molecule has 1 aromatic carbocycles. The van der Waals surface area contributed by atoms with Crippen molar-refractivity contribution < 1.29 is 41.4 Å². The molecular weight excluding hydrogens is 483 g/mol. The van der Waals surface area contributed by atoms with Crippen molar-refractivity contribution in [1.82, 2.24) is 15.3 Å². The number of esters is 1. The molecule has 192 valence electrons. The highest BCUT2D eigenvalue weighted by Gasteiger charge is 2.33. The molecule has 0 unspecified atom stereocenters. The highest BCUT2D eigenvalue weighted by Crippen LogP contribution is 2.35. The summed E-state index contributed by atoms with van der Waals surface area (Å²) >= 11 is 0. The van der Waals surface area contributed by atoms with E-state index in [0.717, 1.165) is 12.1 Å². The number of aromatic nitrogens is 2. The number of pyridine rings is 1. The molecule has 1 N–H and O–H groups in total. The Morgan fingerprint density at radius 3 is 2.42 bits per heavy atom. The standard InChI is InChI=1S/C24H24F3N3O6/c1-6-34-21(32)18-19(12(2)28-22(33)36-23(3,4)5)35-20(30-18)15-8-7-13(11-31)17-14(15)9-10-16(29-17)24(25,26)27/h7-12H,6H2,1-5H3,(H,28,33)/t12-/m0/s1. The van der Waals surface area contributed by atoms with Crippen LogP contribution in [0.25, 0.3) is 22.4 Å². The summed E-state index contributed by atoms with van der Waals surface area (Å²) in [6, 6.07) is 3.70. The Bertz CT molecular complexity index is 1310. The van der Waals surface area contributed by atoms with Crippen LogP contribution >= 0.6 is 0 Å². The van der Waals surface area contributed by atoms with E-state index in [-0.39, 0.29) is 46.0 Å². The Balaban J connectivity index is 2.13. The van der Waals surface area contributed by atoms with E-state index in [1.54, 1.807) is 27.7 Å². The summed E-state index contributed by atoms with van der Waals surface area (Å²) in [5.74, 6) is -1.02. The zero-order valence-electron chi connectivity index (χ0n) is 20.1. The van der Waals surface area contributed by atoms with Gasteiger partial charge in [0.1, 0.15) is 11.3 Å². The van der Waals surface area contributed by atoms with Crippen molar-refractivity contribution in [3.05, 3.63) is 47.0 Å². The topological polar surface area (TPSA) is 121 Å². The third-order valence-corrected chi connectivity index (χ3v) is 4.78. The van der Waals surface area contributed by atoms with Crippen molar-refractivity contribution >= 4 is 29.3 Å². The van der Waals surface area contributed by atoms with Gasteiger partial charge in [-0.1, -0.05) is 0 Å². The number of alkyl carbamates (subject to hydrolysis) is 1. The molecule has 0 saturated carbocycles. The van der Waals surface area contributed by atoms with Gasteiger partial charge in [-0.2, -0.15) is 13.2 Å². The van der Waals surface area contributed by atoms with Crippen LogP contribution in [0.15, 0.2) is 28.7 Å². The number of rotatable bonds is 6. The molecule has 0 spiro atoms. The van der Waals surface area contributed by atoms with Crippen molar-refractivity contribution in [3.63, 3.8) is 0 Å². The summed E-state index contributed by atoms with van der Waals surface area (Å²) < 4.78 is 55.7. The van der Waals surface area contributed by atoms with Gasteiger partial charge in [0.15, 0.2) is 17.7 Å². The van der Waals surface area contributed by atoms with Crippen LogP contribution < -0.4 is 5.32 Å². The molecule has 1 amide bonds. The van der Waals surface area contributed by atoms with Gasteiger partial charge < -0.3 is 19.2 Å². The lowest BCUT2D eigenvalue weighted by Gasteiger charge is -2.21. The van der Waals surface area contributed by atoms with Crippen LogP contribution in [0.4, 0.5) is 18.0 Å².